The van der Waals surface area contributed by atoms with E-state index in [0.717, 1.165) is 10.2 Å². The van der Waals surface area contributed by atoms with Crippen molar-refractivity contribution in [1.29, 1.82) is 0 Å². The molecule has 1 aromatic carbocycles. The van der Waals surface area contributed by atoms with E-state index in [0.29, 0.717) is 6.54 Å². The normalized spacial score (nSPS) is 13.5. The van der Waals surface area contributed by atoms with Gasteiger partial charge in [0.15, 0.2) is 0 Å². The van der Waals surface area contributed by atoms with E-state index in [1.54, 1.807) is 6.92 Å². The Labute approximate surface area is 121 Å². The zero-order valence-corrected chi connectivity index (χ0v) is 12.6. The summed E-state index contributed by atoms with van der Waals surface area (Å²) in [4.78, 5) is 11.4. The summed E-state index contributed by atoms with van der Waals surface area (Å²) in [5.74, 6) is 0.743. The molecule has 0 saturated heterocycles. The van der Waals surface area contributed by atoms with Crippen LogP contribution >= 0.6 is 15.9 Å². The topological polar surface area (TPSA) is 70.6 Å². The fourth-order valence-corrected chi connectivity index (χ4v) is 1.75. The molecule has 0 aliphatic heterocycles. The van der Waals surface area contributed by atoms with Gasteiger partial charge >= 0.3 is 6.03 Å². The van der Waals surface area contributed by atoms with Crippen LogP contribution in [0.5, 0.6) is 5.75 Å². The molecule has 0 radical (unpaired) electrons. The number of hydrogen-bond donors (Lipinski definition) is 3. The summed E-state index contributed by atoms with van der Waals surface area (Å²) in [6.45, 7) is 3.89. The average Bonchev–Trinajstić information content (AvgIpc) is 2.36. The van der Waals surface area contributed by atoms with Crippen molar-refractivity contribution >= 4 is 22.0 Å². The molecule has 2 atom stereocenters. The smallest absolute Gasteiger partial charge is 0.315 e. The van der Waals surface area contributed by atoms with Crippen LogP contribution < -0.4 is 15.4 Å². The lowest BCUT2D eigenvalue weighted by molar-refractivity contribution is 0.200. The first-order chi connectivity index (χ1) is 9.01. The Kier molecular flexibility index (Phi) is 6.66. The second-order valence-corrected chi connectivity index (χ2v) is 5.24. The number of urea groups is 1. The number of hydrogen-bond acceptors (Lipinski definition) is 3. The van der Waals surface area contributed by atoms with Gasteiger partial charge in [-0.2, -0.15) is 0 Å². The Morgan fingerprint density at radius 1 is 1.47 bits per heavy atom. The average molecular weight is 331 g/mol. The van der Waals surface area contributed by atoms with E-state index in [1.165, 1.54) is 0 Å². The maximum Gasteiger partial charge on any atom is 0.315 e. The van der Waals surface area contributed by atoms with Gasteiger partial charge in [-0.1, -0.05) is 22.0 Å². The molecular formula is C13H19BrN2O3. The van der Waals surface area contributed by atoms with Crippen molar-refractivity contribution in [2.75, 3.05) is 13.2 Å². The highest BCUT2D eigenvalue weighted by molar-refractivity contribution is 9.10. The molecular weight excluding hydrogens is 312 g/mol. The van der Waals surface area contributed by atoms with Gasteiger partial charge in [0.25, 0.3) is 0 Å². The summed E-state index contributed by atoms with van der Waals surface area (Å²) in [6, 6.07) is 6.95. The molecule has 3 N–H and O–H groups in total. The lowest BCUT2D eigenvalue weighted by Crippen LogP contribution is -2.45. The van der Waals surface area contributed by atoms with Crippen molar-refractivity contribution in [1.82, 2.24) is 10.6 Å². The van der Waals surface area contributed by atoms with Crippen molar-refractivity contribution in [2.45, 2.75) is 26.0 Å². The van der Waals surface area contributed by atoms with Gasteiger partial charge < -0.3 is 20.5 Å². The van der Waals surface area contributed by atoms with E-state index in [1.807, 2.05) is 31.2 Å². The molecule has 0 aliphatic carbocycles. The number of ether oxygens (including phenoxy) is 1. The van der Waals surface area contributed by atoms with Crippen LogP contribution in [0.3, 0.4) is 0 Å². The summed E-state index contributed by atoms with van der Waals surface area (Å²) >= 11 is 3.37. The molecule has 0 fully saturated rings. The summed E-state index contributed by atoms with van der Waals surface area (Å²) < 4.78 is 6.60. The first-order valence-electron chi connectivity index (χ1n) is 6.08. The van der Waals surface area contributed by atoms with E-state index in [2.05, 4.69) is 26.6 Å². The summed E-state index contributed by atoms with van der Waals surface area (Å²) in [5.41, 5.74) is 0. The van der Waals surface area contributed by atoms with E-state index in [9.17, 15) is 4.79 Å². The zero-order valence-electron chi connectivity index (χ0n) is 11.0. The van der Waals surface area contributed by atoms with Gasteiger partial charge in [0.1, 0.15) is 11.9 Å². The fraction of sp³-hybridized carbons (Fsp3) is 0.462. The molecule has 2 amide bonds. The zero-order chi connectivity index (χ0) is 14.3. The molecule has 0 heterocycles. The number of carbonyl (C=O) groups is 1. The molecule has 106 valence electrons. The maximum atomic E-state index is 11.4. The quantitative estimate of drug-likeness (QED) is 0.746. The molecule has 0 bridgehead atoms. The molecule has 19 heavy (non-hydrogen) atoms. The third-order valence-corrected chi connectivity index (χ3v) is 2.83. The minimum Gasteiger partial charge on any atom is -0.489 e. The molecule has 0 unspecified atom stereocenters. The number of rotatable bonds is 6. The highest BCUT2D eigenvalue weighted by atomic mass is 79.9. The molecule has 0 saturated carbocycles. The van der Waals surface area contributed by atoms with E-state index < -0.39 is 0 Å². The second kappa shape index (κ2) is 8.01. The number of amides is 2. The molecule has 1 aromatic rings. The van der Waals surface area contributed by atoms with Crippen LogP contribution in [-0.4, -0.2) is 36.4 Å². The van der Waals surface area contributed by atoms with E-state index >= 15 is 0 Å². The van der Waals surface area contributed by atoms with Crippen molar-refractivity contribution in [2.24, 2.45) is 0 Å². The second-order valence-electron chi connectivity index (χ2n) is 4.32. The molecule has 6 heteroatoms. The molecule has 0 spiro atoms. The van der Waals surface area contributed by atoms with Gasteiger partial charge in [-0.15, -0.1) is 0 Å². The third-order valence-electron chi connectivity index (χ3n) is 2.33. The Bertz CT molecular complexity index is 415. The largest absolute Gasteiger partial charge is 0.489 e. The molecule has 1 rings (SSSR count). The van der Waals surface area contributed by atoms with Gasteiger partial charge in [-0.3, -0.25) is 0 Å². The summed E-state index contributed by atoms with van der Waals surface area (Å²) in [6.07, 6.45) is -0.149. The van der Waals surface area contributed by atoms with Gasteiger partial charge in [0.2, 0.25) is 0 Å². The predicted molar refractivity (Wildman–Crippen MR) is 77.3 cm³/mol. The van der Waals surface area contributed by atoms with Crippen LogP contribution in [0.2, 0.25) is 0 Å². The lowest BCUT2D eigenvalue weighted by Gasteiger charge is -2.17. The number of aliphatic hydroxyl groups is 1. The number of aliphatic hydroxyl groups excluding tert-OH is 1. The number of nitrogens with one attached hydrogen (secondary N) is 2. The molecule has 5 nitrogen and oxygen atoms in total. The Balaban J connectivity index is 2.31. The van der Waals surface area contributed by atoms with Crippen molar-refractivity contribution < 1.29 is 14.6 Å². The fourth-order valence-electron chi connectivity index (χ4n) is 1.37. The minimum atomic E-state index is -0.314. The number of halogens is 1. The van der Waals surface area contributed by atoms with Crippen molar-refractivity contribution in [3.8, 4) is 5.75 Å². The van der Waals surface area contributed by atoms with Crippen LogP contribution in [-0.2, 0) is 0 Å². The van der Waals surface area contributed by atoms with Gasteiger partial charge in [-0.25, -0.2) is 4.79 Å². The van der Waals surface area contributed by atoms with Crippen molar-refractivity contribution in [3.05, 3.63) is 28.7 Å². The van der Waals surface area contributed by atoms with Crippen molar-refractivity contribution in [3.63, 3.8) is 0 Å². The Morgan fingerprint density at radius 2 is 2.21 bits per heavy atom. The van der Waals surface area contributed by atoms with Crippen LogP contribution in [0.1, 0.15) is 13.8 Å². The van der Waals surface area contributed by atoms with Gasteiger partial charge in [0, 0.05) is 4.47 Å². The lowest BCUT2D eigenvalue weighted by atomic mass is 10.3. The van der Waals surface area contributed by atoms with E-state index in [4.69, 9.17) is 9.84 Å². The highest BCUT2D eigenvalue weighted by Gasteiger charge is 2.09. The van der Waals surface area contributed by atoms with Gasteiger partial charge in [-0.05, 0) is 32.0 Å². The third kappa shape index (κ3) is 6.45. The van der Waals surface area contributed by atoms with Crippen LogP contribution in [0.25, 0.3) is 0 Å². The first-order valence-corrected chi connectivity index (χ1v) is 6.88. The summed E-state index contributed by atoms with van der Waals surface area (Å²) in [7, 11) is 0. The van der Waals surface area contributed by atoms with Crippen LogP contribution in [0.4, 0.5) is 4.79 Å². The standard InChI is InChI=1S/C13H19BrN2O3/c1-9(8-17)16-13(18)15-7-10(2)19-12-5-3-4-11(14)6-12/h3-6,9-10,17H,7-8H2,1-2H3,(H2,15,16,18)/t9-,10+/m0/s1. The Morgan fingerprint density at radius 3 is 2.84 bits per heavy atom. The molecule has 0 aliphatic rings. The molecule has 0 aromatic heterocycles. The van der Waals surface area contributed by atoms with Gasteiger partial charge in [0.05, 0.1) is 19.2 Å². The van der Waals surface area contributed by atoms with Crippen LogP contribution in [0, 0.1) is 0 Å². The number of benzene rings is 1. The highest BCUT2D eigenvalue weighted by Crippen LogP contribution is 2.18. The van der Waals surface area contributed by atoms with Crippen LogP contribution in [0.15, 0.2) is 28.7 Å². The monoisotopic (exact) mass is 330 g/mol. The predicted octanol–water partition coefficient (Wildman–Crippen LogP) is 1.90. The first kappa shape index (κ1) is 15.8. The maximum absolute atomic E-state index is 11.4. The SMILES string of the molecule is C[C@H](CNC(=O)N[C@@H](C)CO)Oc1cccc(Br)c1. The summed E-state index contributed by atoms with van der Waals surface area (Å²) in [5, 5.41) is 14.1. The minimum absolute atomic E-state index is 0.0858. The Hall–Kier alpha value is -1.27. The number of carbonyl (C=O) groups excluding carboxylic acids is 1. The van der Waals surface area contributed by atoms with E-state index in [-0.39, 0.29) is 24.8 Å².